The fraction of sp³-hybridized carbons (Fsp3) is 0.938. The molecule has 1 rings (SSSR count). The SMILES string of the molecule is CCCCN1CC1C(=O)OCCC[Si](OCC)(OCC)OCC. The quantitative estimate of drug-likeness (QED) is 0.208. The van der Waals surface area contributed by atoms with E-state index in [2.05, 4.69) is 11.8 Å². The number of hydrogen-bond acceptors (Lipinski definition) is 6. The molecule has 0 aromatic heterocycles. The van der Waals surface area contributed by atoms with Crippen LogP contribution >= 0.6 is 0 Å². The molecule has 1 aliphatic heterocycles. The van der Waals surface area contributed by atoms with Crippen LogP contribution in [0.5, 0.6) is 0 Å². The van der Waals surface area contributed by atoms with E-state index in [1.165, 1.54) is 0 Å². The highest BCUT2D eigenvalue weighted by atomic mass is 28.4. The van der Waals surface area contributed by atoms with Gasteiger partial charge in [0.2, 0.25) is 0 Å². The number of nitrogens with zero attached hydrogens (tertiary/aromatic N) is 1. The summed E-state index contributed by atoms with van der Waals surface area (Å²) in [7, 11) is -2.61. The molecular formula is C16H33NO5Si. The molecule has 0 saturated carbocycles. The topological polar surface area (TPSA) is 57.0 Å². The van der Waals surface area contributed by atoms with Crippen LogP contribution in [-0.4, -0.2) is 65.2 Å². The van der Waals surface area contributed by atoms with Gasteiger partial charge >= 0.3 is 14.8 Å². The highest BCUT2D eigenvalue weighted by molar-refractivity contribution is 6.60. The van der Waals surface area contributed by atoms with Gasteiger partial charge in [-0.05, 0) is 40.2 Å². The molecule has 1 heterocycles. The molecule has 0 radical (unpaired) electrons. The van der Waals surface area contributed by atoms with E-state index in [4.69, 9.17) is 18.0 Å². The molecule has 0 aliphatic carbocycles. The lowest BCUT2D eigenvalue weighted by atomic mass is 10.3. The molecule has 136 valence electrons. The molecule has 2 atom stereocenters. The van der Waals surface area contributed by atoms with Crippen molar-refractivity contribution in [3.63, 3.8) is 0 Å². The largest absolute Gasteiger partial charge is 0.501 e. The van der Waals surface area contributed by atoms with Crippen LogP contribution in [-0.2, 0) is 22.8 Å². The second kappa shape index (κ2) is 11.1. The molecule has 0 aromatic carbocycles. The molecule has 0 N–H and O–H groups in total. The maximum absolute atomic E-state index is 11.9. The molecule has 6 nitrogen and oxygen atoms in total. The maximum Gasteiger partial charge on any atom is 0.501 e. The molecule has 1 fully saturated rings. The average molecular weight is 348 g/mol. The molecule has 23 heavy (non-hydrogen) atoms. The van der Waals surface area contributed by atoms with Gasteiger partial charge in [-0.1, -0.05) is 13.3 Å². The molecule has 2 unspecified atom stereocenters. The van der Waals surface area contributed by atoms with Crippen molar-refractivity contribution >= 4 is 14.8 Å². The summed E-state index contributed by atoms with van der Waals surface area (Å²) in [5.41, 5.74) is 0. The van der Waals surface area contributed by atoms with Crippen molar-refractivity contribution in [3.05, 3.63) is 0 Å². The van der Waals surface area contributed by atoms with E-state index in [0.29, 0.717) is 38.9 Å². The molecular weight excluding hydrogens is 314 g/mol. The van der Waals surface area contributed by atoms with Crippen LogP contribution in [0, 0.1) is 0 Å². The molecule has 0 amide bonds. The summed E-state index contributed by atoms with van der Waals surface area (Å²) in [6, 6.07) is 0.661. The predicted octanol–water partition coefficient (Wildman–Crippen LogP) is 2.45. The van der Waals surface area contributed by atoms with Crippen molar-refractivity contribution < 1.29 is 22.8 Å². The van der Waals surface area contributed by atoms with E-state index < -0.39 is 8.80 Å². The first-order chi connectivity index (χ1) is 11.1. The monoisotopic (exact) mass is 347 g/mol. The molecule has 0 spiro atoms. The summed E-state index contributed by atoms with van der Waals surface area (Å²) in [4.78, 5) is 14.1. The van der Waals surface area contributed by atoms with Crippen LogP contribution < -0.4 is 0 Å². The molecule has 1 aliphatic rings. The number of carbonyl (C=O) groups excluding carboxylic acids is 1. The maximum atomic E-state index is 11.9. The third-order valence-electron chi connectivity index (χ3n) is 3.75. The first-order valence-electron chi connectivity index (χ1n) is 8.94. The number of hydrogen-bond donors (Lipinski definition) is 0. The summed E-state index contributed by atoms with van der Waals surface area (Å²) in [6.07, 6.45) is 2.99. The fourth-order valence-electron chi connectivity index (χ4n) is 2.57. The Morgan fingerprint density at radius 3 is 2.17 bits per heavy atom. The highest BCUT2D eigenvalue weighted by Crippen LogP contribution is 2.21. The number of unbranched alkanes of at least 4 members (excludes halogenated alkanes) is 1. The second-order valence-electron chi connectivity index (χ2n) is 5.62. The van der Waals surface area contributed by atoms with Crippen molar-refractivity contribution in [2.24, 2.45) is 0 Å². The third-order valence-corrected chi connectivity index (χ3v) is 6.90. The van der Waals surface area contributed by atoms with E-state index in [-0.39, 0.29) is 12.0 Å². The molecule has 1 saturated heterocycles. The van der Waals surface area contributed by atoms with E-state index in [1.807, 2.05) is 20.8 Å². The highest BCUT2D eigenvalue weighted by Gasteiger charge is 2.42. The van der Waals surface area contributed by atoms with Gasteiger partial charge in [0, 0.05) is 32.4 Å². The smallest absolute Gasteiger partial charge is 0.464 e. The Balaban J connectivity index is 2.26. The molecule has 7 heteroatoms. The standard InChI is InChI=1S/C16H33NO5Si/c1-5-9-11-17-14-15(17)16(18)19-12-10-13-23(20-6-2,21-7-3)22-8-4/h15H,5-14H2,1-4H3. The van der Waals surface area contributed by atoms with Gasteiger partial charge in [-0.3, -0.25) is 9.69 Å². The zero-order valence-electron chi connectivity index (χ0n) is 15.1. The van der Waals surface area contributed by atoms with E-state index in [9.17, 15) is 4.79 Å². The minimum Gasteiger partial charge on any atom is -0.464 e. The van der Waals surface area contributed by atoms with Crippen molar-refractivity contribution in [2.45, 2.75) is 59.0 Å². The zero-order chi connectivity index (χ0) is 17.1. The lowest BCUT2D eigenvalue weighted by molar-refractivity contribution is -0.144. The van der Waals surface area contributed by atoms with Crippen molar-refractivity contribution in [1.29, 1.82) is 0 Å². The number of rotatable bonds is 14. The first kappa shape index (κ1) is 20.6. The molecule has 0 bridgehead atoms. The van der Waals surface area contributed by atoms with Crippen molar-refractivity contribution in [3.8, 4) is 0 Å². The second-order valence-corrected chi connectivity index (χ2v) is 8.35. The Morgan fingerprint density at radius 2 is 1.65 bits per heavy atom. The summed E-state index contributed by atoms with van der Waals surface area (Å²) in [6.45, 7) is 11.9. The van der Waals surface area contributed by atoms with E-state index >= 15 is 0 Å². The Hall–Kier alpha value is -0.473. The van der Waals surface area contributed by atoms with Crippen molar-refractivity contribution in [2.75, 3.05) is 39.5 Å². The minimum absolute atomic E-state index is 0.0192. The molecule has 0 aromatic rings. The van der Waals surface area contributed by atoms with Crippen LogP contribution in [0.1, 0.15) is 47.0 Å². The van der Waals surface area contributed by atoms with Crippen LogP contribution in [0.25, 0.3) is 0 Å². The van der Waals surface area contributed by atoms with E-state index in [0.717, 1.165) is 25.9 Å². The first-order valence-corrected chi connectivity index (χ1v) is 10.9. The minimum atomic E-state index is -2.61. The van der Waals surface area contributed by atoms with Crippen LogP contribution in [0.4, 0.5) is 0 Å². The summed E-state index contributed by atoms with van der Waals surface area (Å²) >= 11 is 0. The number of carbonyl (C=O) groups is 1. The predicted molar refractivity (Wildman–Crippen MR) is 91.3 cm³/mol. The van der Waals surface area contributed by atoms with Crippen molar-refractivity contribution in [1.82, 2.24) is 4.90 Å². The Labute approximate surface area is 141 Å². The van der Waals surface area contributed by atoms with Gasteiger partial charge < -0.3 is 18.0 Å². The van der Waals surface area contributed by atoms with Gasteiger partial charge in [-0.15, -0.1) is 0 Å². The number of ether oxygens (including phenoxy) is 1. The van der Waals surface area contributed by atoms with Gasteiger partial charge in [-0.2, -0.15) is 0 Å². The average Bonchev–Trinajstić information content (AvgIpc) is 3.30. The van der Waals surface area contributed by atoms with Gasteiger partial charge in [-0.25, -0.2) is 0 Å². The summed E-state index contributed by atoms with van der Waals surface area (Å²) < 4.78 is 22.7. The lowest BCUT2D eigenvalue weighted by Crippen LogP contribution is -2.46. The lowest BCUT2D eigenvalue weighted by Gasteiger charge is -2.28. The normalized spacial score (nSPS) is 20.5. The number of esters is 1. The van der Waals surface area contributed by atoms with Gasteiger partial charge in [0.25, 0.3) is 0 Å². The fourth-order valence-corrected chi connectivity index (χ4v) is 5.15. The zero-order valence-corrected chi connectivity index (χ0v) is 16.1. The Bertz CT molecular complexity index is 325. The Kier molecular flexibility index (Phi) is 9.97. The van der Waals surface area contributed by atoms with Crippen LogP contribution in [0.15, 0.2) is 0 Å². The summed E-state index contributed by atoms with van der Waals surface area (Å²) in [5.74, 6) is -0.0994. The van der Waals surface area contributed by atoms with Crippen LogP contribution in [0.3, 0.4) is 0 Å². The van der Waals surface area contributed by atoms with Gasteiger partial charge in [0.1, 0.15) is 6.04 Å². The third kappa shape index (κ3) is 7.30. The Morgan fingerprint density at radius 1 is 1.04 bits per heavy atom. The van der Waals surface area contributed by atoms with E-state index in [1.54, 1.807) is 0 Å². The van der Waals surface area contributed by atoms with Crippen LogP contribution in [0.2, 0.25) is 6.04 Å². The van der Waals surface area contributed by atoms with Gasteiger partial charge in [0.05, 0.1) is 6.61 Å². The van der Waals surface area contributed by atoms with Gasteiger partial charge in [0.15, 0.2) is 0 Å². The summed E-state index contributed by atoms with van der Waals surface area (Å²) in [5, 5.41) is 0.